The van der Waals surface area contributed by atoms with Gasteiger partial charge in [0.25, 0.3) is 0 Å². The van der Waals surface area contributed by atoms with Crippen molar-refractivity contribution in [3.63, 3.8) is 0 Å². The molecule has 3 heteroatoms. The van der Waals surface area contributed by atoms with Gasteiger partial charge in [0.15, 0.2) is 0 Å². The van der Waals surface area contributed by atoms with Crippen LogP contribution in [0.5, 0.6) is 0 Å². The summed E-state index contributed by atoms with van der Waals surface area (Å²) in [6.07, 6.45) is 2.04. The maximum Gasteiger partial charge on any atom is 0.0733 e. The first-order chi connectivity index (χ1) is 9.70. The van der Waals surface area contributed by atoms with Gasteiger partial charge in [0.05, 0.1) is 6.04 Å². The Morgan fingerprint density at radius 1 is 1.05 bits per heavy atom. The van der Waals surface area contributed by atoms with Crippen molar-refractivity contribution in [2.45, 2.75) is 19.9 Å². The average molecular weight is 265 g/mol. The van der Waals surface area contributed by atoms with Crippen molar-refractivity contribution in [1.82, 2.24) is 10.4 Å². The van der Waals surface area contributed by atoms with Crippen molar-refractivity contribution in [2.75, 3.05) is 0 Å². The van der Waals surface area contributed by atoms with Crippen LogP contribution in [0.4, 0.5) is 0 Å². The Balaban J connectivity index is 2.16. The van der Waals surface area contributed by atoms with Gasteiger partial charge in [0.2, 0.25) is 0 Å². The molecule has 102 valence electrons. The molecule has 3 rings (SSSR count). The van der Waals surface area contributed by atoms with Gasteiger partial charge in [-0.2, -0.15) is 0 Å². The minimum atomic E-state index is -0.00829. The fraction of sp³-hybridized carbons (Fsp3) is 0.176. The minimum absolute atomic E-state index is 0.00829. The van der Waals surface area contributed by atoms with E-state index in [2.05, 4.69) is 60.7 Å². The molecule has 0 bridgehead atoms. The summed E-state index contributed by atoms with van der Waals surface area (Å²) in [5.74, 6) is 5.84. The van der Waals surface area contributed by atoms with E-state index in [0.717, 1.165) is 5.52 Å². The zero-order valence-electron chi connectivity index (χ0n) is 11.8. The number of hydrazine groups is 1. The standard InChI is InChI=1S/C17H19N3/c1-11-7-8-12(2)14(9-11)17(20-18)15-10-19-16-6-4-3-5-13(15)16/h3-10,17,19-20H,18H2,1-2H3. The first-order valence-electron chi connectivity index (χ1n) is 6.80. The molecule has 3 aromatic rings. The van der Waals surface area contributed by atoms with Gasteiger partial charge in [0, 0.05) is 22.7 Å². The molecule has 2 aromatic carbocycles. The number of H-pyrrole nitrogens is 1. The highest BCUT2D eigenvalue weighted by atomic mass is 15.2. The summed E-state index contributed by atoms with van der Waals surface area (Å²) in [4.78, 5) is 3.31. The van der Waals surface area contributed by atoms with Crippen LogP contribution < -0.4 is 11.3 Å². The van der Waals surface area contributed by atoms with Crippen LogP contribution in [0.1, 0.15) is 28.3 Å². The Morgan fingerprint density at radius 3 is 2.65 bits per heavy atom. The second kappa shape index (κ2) is 5.12. The molecule has 0 radical (unpaired) electrons. The van der Waals surface area contributed by atoms with Crippen molar-refractivity contribution in [2.24, 2.45) is 5.84 Å². The molecule has 0 amide bonds. The summed E-state index contributed by atoms with van der Waals surface area (Å²) in [5, 5.41) is 1.20. The third-order valence-electron chi connectivity index (χ3n) is 3.84. The monoisotopic (exact) mass is 265 g/mol. The predicted molar refractivity (Wildman–Crippen MR) is 83.4 cm³/mol. The highest BCUT2D eigenvalue weighted by Crippen LogP contribution is 2.30. The molecule has 0 spiro atoms. The van der Waals surface area contributed by atoms with Crippen LogP contribution in [0.15, 0.2) is 48.7 Å². The molecule has 1 heterocycles. The van der Waals surface area contributed by atoms with E-state index in [1.165, 1.54) is 27.6 Å². The second-order valence-electron chi connectivity index (χ2n) is 5.25. The summed E-state index contributed by atoms with van der Waals surface area (Å²) < 4.78 is 0. The highest BCUT2D eigenvalue weighted by molar-refractivity contribution is 5.84. The zero-order chi connectivity index (χ0) is 14.1. The maximum atomic E-state index is 5.84. The van der Waals surface area contributed by atoms with E-state index in [9.17, 15) is 0 Å². The molecule has 0 saturated carbocycles. The number of hydrogen-bond acceptors (Lipinski definition) is 2. The molecule has 0 aliphatic carbocycles. The number of hydrogen-bond donors (Lipinski definition) is 3. The molecule has 3 nitrogen and oxygen atoms in total. The van der Waals surface area contributed by atoms with Crippen LogP contribution >= 0.6 is 0 Å². The third kappa shape index (κ3) is 2.11. The summed E-state index contributed by atoms with van der Waals surface area (Å²) >= 11 is 0. The second-order valence-corrected chi connectivity index (χ2v) is 5.25. The van der Waals surface area contributed by atoms with E-state index < -0.39 is 0 Å². The van der Waals surface area contributed by atoms with E-state index in [1.807, 2.05) is 12.3 Å². The Hall–Kier alpha value is -2.10. The van der Waals surface area contributed by atoms with Crippen LogP contribution in [0.2, 0.25) is 0 Å². The molecule has 20 heavy (non-hydrogen) atoms. The highest BCUT2D eigenvalue weighted by Gasteiger charge is 2.18. The van der Waals surface area contributed by atoms with Gasteiger partial charge in [-0.25, -0.2) is 5.43 Å². The molecule has 4 N–H and O–H groups in total. The van der Waals surface area contributed by atoms with Gasteiger partial charge >= 0.3 is 0 Å². The van der Waals surface area contributed by atoms with E-state index in [1.54, 1.807) is 0 Å². The van der Waals surface area contributed by atoms with Crippen molar-refractivity contribution in [3.8, 4) is 0 Å². The lowest BCUT2D eigenvalue weighted by atomic mass is 9.94. The molecular formula is C17H19N3. The first kappa shape index (κ1) is 12.9. The number of para-hydroxylation sites is 1. The summed E-state index contributed by atoms with van der Waals surface area (Å²) in [6, 6.07) is 14.7. The van der Waals surface area contributed by atoms with Gasteiger partial charge in [-0.1, -0.05) is 42.0 Å². The van der Waals surface area contributed by atoms with Crippen molar-refractivity contribution >= 4 is 10.9 Å². The topological polar surface area (TPSA) is 53.8 Å². The Bertz CT molecular complexity index is 743. The molecule has 1 aromatic heterocycles. The number of nitrogens with two attached hydrogens (primary N) is 1. The van der Waals surface area contributed by atoms with Crippen molar-refractivity contribution < 1.29 is 0 Å². The Labute approximate surface area is 118 Å². The number of fused-ring (bicyclic) bond motifs is 1. The van der Waals surface area contributed by atoms with Crippen LogP contribution in [0, 0.1) is 13.8 Å². The quantitative estimate of drug-likeness (QED) is 0.502. The molecule has 1 unspecified atom stereocenters. The van der Waals surface area contributed by atoms with E-state index >= 15 is 0 Å². The van der Waals surface area contributed by atoms with Gasteiger partial charge < -0.3 is 4.98 Å². The lowest BCUT2D eigenvalue weighted by Crippen LogP contribution is -2.29. The predicted octanol–water partition coefficient (Wildman–Crippen LogP) is 3.34. The third-order valence-corrected chi connectivity index (χ3v) is 3.84. The van der Waals surface area contributed by atoms with Crippen LogP contribution in [0.25, 0.3) is 10.9 Å². The number of aryl methyl sites for hydroxylation is 2. The summed E-state index contributed by atoms with van der Waals surface area (Å²) in [7, 11) is 0. The first-order valence-corrected chi connectivity index (χ1v) is 6.80. The van der Waals surface area contributed by atoms with Gasteiger partial charge in [-0.05, 0) is 31.0 Å². The molecule has 0 aliphatic heterocycles. The van der Waals surface area contributed by atoms with E-state index in [0.29, 0.717) is 0 Å². The van der Waals surface area contributed by atoms with Gasteiger partial charge in [-0.3, -0.25) is 5.84 Å². The maximum absolute atomic E-state index is 5.84. The summed E-state index contributed by atoms with van der Waals surface area (Å²) in [6.45, 7) is 4.22. The molecular weight excluding hydrogens is 246 g/mol. The number of rotatable bonds is 3. The number of benzene rings is 2. The van der Waals surface area contributed by atoms with Crippen LogP contribution in [-0.2, 0) is 0 Å². The van der Waals surface area contributed by atoms with Gasteiger partial charge in [0.1, 0.15) is 0 Å². The fourth-order valence-electron chi connectivity index (χ4n) is 2.75. The SMILES string of the molecule is Cc1ccc(C)c(C(NN)c2c[nH]c3ccccc23)c1. The molecule has 0 saturated heterocycles. The molecule has 0 fully saturated rings. The minimum Gasteiger partial charge on any atom is -0.361 e. The van der Waals surface area contributed by atoms with E-state index in [-0.39, 0.29) is 6.04 Å². The molecule has 0 aliphatic rings. The van der Waals surface area contributed by atoms with Crippen molar-refractivity contribution in [1.29, 1.82) is 0 Å². The Morgan fingerprint density at radius 2 is 1.85 bits per heavy atom. The lowest BCUT2D eigenvalue weighted by Gasteiger charge is -2.19. The zero-order valence-corrected chi connectivity index (χ0v) is 11.8. The lowest BCUT2D eigenvalue weighted by molar-refractivity contribution is 0.637. The van der Waals surface area contributed by atoms with Gasteiger partial charge in [-0.15, -0.1) is 0 Å². The average Bonchev–Trinajstić information content (AvgIpc) is 2.88. The largest absolute Gasteiger partial charge is 0.361 e. The normalized spacial score (nSPS) is 12.8. The molecule has 1 atom stereocenters. The van der Waals surface area contributed by atoms with E-state index in [4.69, 9.17) is 5.84 Å². The smallest absolute Gasteiger partial charge is 0.0733 e. The number of aromatic nitrogens is 1. The van der Waals surface area contributed by atoms with Crippen LogP contribution in [-0.4, -0.2) is 4.98 Å². The van der Waals surface area contributed by atoms with Crippen molar-refractivity contribution in [3.05, 3.63) is 70.9 Å². The fourth-order valence-corrected chi connectivity index (χ4v) is 2.75. The number of nitrogens with one attached hydrogen (secondary N) is 2. The summed E-state index contributed by atoms with van der Waals surface area (Å²) in [5.41, 5.74) is 8.97. The Kier molecular flexibility index (Phi) is 3.30. The van der Waals surface area contributed by atoms with Crippen LogP contribution in [0.3, 0.4) is 0 Å². The number of aromatic amines is 1.